The van der Waals surface area contributed by atoms with Crippen molar-refractivity contribution in [2.75, 3.05) is 0 Å². The van der Waals surface area contributed by atoms with Crippen LogP contribution < -0.4 is 0 Å². The number of para-hydroxylation sites is 1. The average Bonchev–Trinajstić information content (AvgIpc) is 2.83. The molecule has 0 spiro atoms. The van der Waals surface area contributed by atoms with Crippen LogP contribution >= 0.6 is 0 Å². The Morgan fingerprint density at radius 1 is 1.11 bits per heavy atom. The summed E-state index contributed by atoms with van der Waals surface area (Å²) in [5.41, 5.74) is 4.84. The highest BCUT2D eigenvalue weighted by atomic mass is 14.7. The fourth-order valence-corrected chi connectivity index (χ4v) is 2.14. The minimum atomic E-state index is 1.17. The number of rotatable bonds is 2. The van der Waals surface area contributed by atoms with Crippen molar-refractivity contribution in [2.45, 2.75) is 6.92 Å². The Balaban J connectivity index is 2.06. The van der Waals surface area contributed by atoms with Crippen LogP contribution in [0.15, 0.2) is 55.0 Å². The Labute approximate surface area is 106 Å². The first kappa shape index (κ1) is 10.8. The van der Waals surface area contributed by atoms with Crippen LogP contribution in [0.4, 0.5) is 0 Å². The van der Waals surface area contributed by atoms with E-state index in [1.165, 1.54) is 27.6 Å². The van der Waals surface area contributed by atoms with Crippen molar-refractivity contribution in [3.8, 4) is 0 Å². The van der Waals surface area contributed by atoms with E-state index in [-0.39, 0.29) is 0 Å². The number of hydrogen-bond acceptors (Lipinski definition) is 1. The van der Waals surface area contributed by atoms with Gasteiger partial charge in [0.05, 0.1) is 0 Å². The molecule has 0 atom stereocenters. The molecule has 3 rings (SSSR count). The molecule has 18 heavy (non-hydrogen) atoms. The fraction of sp³-hybridized carbons (Fsp3) is 0.0625. The van der Waals surface area contributed by atoms with Gasteiger partial charge in [0.25, 0.3) is 0 Å². The molecular formula is C16H14N2. The predicted molar refractivity (Wildman–Crippen MR) is 76.1 cm³/mol. The van der Waals surface area contributed by atoms with Crippen molar-refractivity contribution in [3.63, 3.8) is 0 Å². The van der Waals surface area contributed by atoms with E-state index in [0.29, 0.717) is 0 Å². The van der Waals surface area contributed by atoms with Gasteiger partial charge in [0.15, 0.2) is 0 Å². The van der Waals surface area contributed by atoms with Gasteiger partial charge in [-0.25, -0.2) is 0 Å². The summed E-state index contributed by atoms with van der Waals surface area (Å²) in [4.78, 5) is 7.33. The molecule has 0 aliphatic carbocycles. The Morgan fingerprint density at radius 3 is 2.72 bits per heavy atom. The first-order valence-electron chi connectivity index (χ1n) is 5.99. The van der Waals surface area contributed by atoms with E-state index in [0.717, 1.165) is 0 Å². The highest BCUT2D eigenvalue weighted by molar-refractivity contribution is 5.93. The molecule has 1 N–H and O–H groups in total. The number of aromatic amines is 1. The second-order valence-electron chi connectivity index (χ2n) is 4.35. The first-order valence-corrected chi connectivity index (χ1v) is 5.99. The molecule has 0 aliphatic heterocycles. The lowest BCUT2D eigenvalue weighted by Gasteiger charge is -2.00. The van der Waals surface area contributed by atoms with Gasteiger partial charge < -0.3 is 4.98 Å². The zero-order chi connectivity index (χ0) is 12.4. The molecule has 0 amide bonds. The normalized spacial score (nSPS) is 11.9. The molecule has 2 heterocycles. The molecule has 0 fully saturated rings. The maximum absolute atomic E-state index is 4.04. The minimum Gasteiger partial charge on any atom is -0.361 e. The number of nitrogens with zero attached hydrogens (tertiary/aromatic N) is 1. The summed E-state index contributed by atoms with van der Waals surface area (Å²) in [6.07, 6.45) is 7.90. The Kier molecular flexibility index (Phi) is 2.69. The van der Waals surface area contributed by atoms with Crippen molar-refractivity contribution in [1.29, 1.82) is 0 Å². The van der Waals surface area contributed by atoms with Crippen LogP contribution in [-0.2, 0) is 0 Å². The van der Waals surface area contributed by atoms with E-state index < -0.39 is 0 Å². The first-order chi connectivity index (χ1) is 8.84. The molecule has 1 aromatic carbocycles. The van der Waals surface area contributed by atoms with Gasteiger partial charge >= 0.3 is 0 Å². The van der Waals surface area contributed by atoms with Gasteiger partial charge in [-0.3, -0.25) is 4.98 Å². The van der Waals surface area contributed by atoms with Crippen molar-refractivity contribution in [1.82, 2.24) is 9.97 Å². The molecule has 0 saturated carbocycles. The number of benzene rings is 1. The quantitative estimate of drug-likeness (QED) is 0.709. The summed E-state index contributed by atoms with van der Waals surface area (Å²) < 4.78 is 0. The maximum atomic E-state index is 4.04. The molecule has 2 heteroatoms. The molecule has 0 aliphatic rings. The zero-order valence-electron chi connectivity index (χ0n) is 10.2. The average molecular weight is 234 g/mol. The summed E-state index contributed by atoms with van der Waals surface area (Å²) in [6, 6.07) is 12.4. The highest BCUT2D eigenvalue weighted by Gasteiger charge is 2.01. The number of aromatic nitrogens is 2. The SMILES string of the molecule is C/C(=C\c1c[nH]c2ccccc12)c1ccncc1. The van der Waals surface area contributed by atoms with Gasteiger partial charge in [-0.15, -0.1) is 0 Å². The minimum absolute atomic E-state index is 1.17. The third-order valence-corrected chi connectivity index (χ3v) is 3.13. The van der Waals surface area contributed by atoms with Crippen LogP contribution in [0.25, 0.3) is 22.6 Å². The van der Waals surface area contributed by atoms with Crippen molar-refractivity contribution >= 4 is 22.6 Å². The van der Waals surface area contributed by atoms with E-state index in [4.69, 9.17) is 0 Å². The van der Waals surface area contributed by atoms with E-state index in [1.807, 2.05) is 30.6 Å². The zero-order valence-corrected chi connectivity index (χ0v) is 10.2. The summed E-state index contributed by atoms with van der Waals surface area (Å²) in [6.45, 7) is 2.12. The van der Waals surface area contributed by atoms with Gasteiger partial charge in [-0.1, -0.05) is 18.2 Å². The standard InChI is InChI=1S/C16H14N2/c1-12(13-6-8-17-9-7-13)10-14-11-18-16-5-3-2-4-15(14)16/h2-11,18H,1H3/b12-10+. The van der Waals surface area contributed by atoms with E-state index in [2.05, 4.69) is 47.4 Å². The van der Waals surface area contributed by atoms with Crippen LogP contribution in [0.5, 0.6) is 0 Å². The number of fused-ring (bicyclic) bond motifs is 1. The maximum Gasteiger partial charge on any atom is 0.0460 e. The molecule has 3 aromatic rings. The van der Waals surface area contributed by atoms with Crippen molar-refractivity contribution < 1.29 is 0 Å². The number of hydrogen-bond donors (Lipinski definition) is 1. The second-order valence-corrected chi connectivity index (χ2v) is 4.35. The van der Waals surface area contributed by atoms with Crippen LogP contribution in [-0.4, -0.2) is 9.97 Å². The number of H-pyrrole nitrogens is 1. The smallest absolute Gasteiger partial charge is 0.0460 e. The monoisotopic (exact) mass is 234 g/mol. The molecule has 2 aromatic heterocycles. The highest BCUT2D eigenvalue weighted by Crippen LogP contribution is 2.23. The Hall–Kier alpha value is -2.35. The number of nitrogens with one attached hydrogen (secondary N) is 1. The summed E-state index contributed by atoms with van der Waals surface area (Å²) >= 11 is 0. The third kappa shape index (κ3) is 1.93. The predicted octanol–water partition coefficient (Wildman–Crippen LogP) is 4.12. The van der Waals surface area contributed by atoms with Crippen molar-refractivity contribution in [2.24, 2.45) is 0 Å². The van der Waals surface area contributed by atoms with Crippen molar-refractivity contribution in [3.05, 3.63) is 66.1 Å². The van der Waals surface area contributed by atoms with Crippen LogP contribution in [0.3, 0.4) is 0 Å². The lowest BCUT2D eigenvalue weighted by atomic mass is 10.1. The molecule has 0 radical (unpaired) electrons. The lowest BCUT2D eigenvalue weighted by Crippen LogP contribution is -1.79. The van der Waals surface area contributed by atoms with Gasteiger partial charge in [0.1, 0.15) is 0 Å². The van der Waals surface area contributed by atoms with Crippen LogP contribution in [0, 0.1) is 0 Å². The van der Waals surface area contributed by atoms with Crippen LogP contribution in [0.2, 0.25) is 0 Å². The second kappa shape index (κ2) is 4.49. The lowest BCUT2D eigenvalue weighted by molar-refractivity contribution is 1.31. The molecule has 88 valence electrons. The van der Waals surface area contributed by atoms with E-state index >= 15 is 0 Å². The molecule has 0 saturated heterocycles. The van der Waals surface area contributed by atoms with E-state index in [9.17, 15) is 0 Å². The number of pyridine rings is 1. The van der Waals surface area contributed by atoms with Gasteiger partial charge in [0.2, 0.25) is 0 Å². The third-order valence-electron chi connectivity index (χ3n) is 3.13. The Bertz CT molecular complexity index is 693. The largest absolute Gasteiger partial charge is 0.361 e. The van der Waals surface area contributed by atoms with Crippen LogP contribution in [0.1, 0.15) is 18.1 Å². The molecule has 0 unspecified atom stereocenters. The summed E-state index contributed by atoms with van der Waals surface area (Å²) in [7, 11) is 0. The summed E-state index contributed by atoms with van der Waals surface area (Å²) in [5, 5.41) is 1.26. The number of allylic oxidation sites excluding steroid dienone is 1. The molecule has 0 bridgehead atoms. The van der Waals surface area contributed by atoms with Gasteiger partial charge in [-0.05, 0) is 42.3 Å². The molecular weight excluding hydrogens is 220 g/mol. The Morgan fingerprint density at radius 2 is 1.89 bits per heavy atom. The van der Waals surface area contributed by atoms with Gasteiger partial charge in [-0.2, -0.15) is 0 Å². The van der Waals surface area contributed by atoms with E-state index in [1.54, 1.807) is 0 Å². The summed E-state index contributed by atoms with van der Waals surface area (Å²) in [5.74, 6) is 0. The topological polar surface area (TPSA) is 28.7 Å². The van der Waals surface area contributed by atoms with Gasteiger partial charge in [0, 0.05) is 35.1 Å². The molecule has 2 nitrogen and oxygen atoms in total. The fourth-order valence-electron chi connectivity index (χ4n) is 2.14.